The molecule has 0 bridgehead atoms. The van der Waals surface area contributed by atoms with E-state index < -0.39 is 0 Å². The maximum atomic E-state index is 13.5. The second-order valence-electron chi connectivity index (χ2n) is 6.81. The number of pyridine rings is 1. The summed E-state index contributed by atoms with van der Waals surface area (Å²) in [5, 5.41) is 4.59. The monoisotopic (exact) mass is 391 g/mol. The summed E-state index contributed by atoms with van der Waals surface area (Å²) in [6, 6.07) is 12.7. The Balaban J connectivity index is 1.79. The quantitative estimate of drug-likeness (QED) is 0.493. The number of furan rings is 1. The standard InChI is InChI=1S/C22H21N3O4/c1-13-20-16(12-17(19-10-7-11-28-19)23-21(20)29-24-13)22(26)25(3)14(2)15-8-5-6-9-18(15)27-4/h5-12,14H,1-4H3/t14-/m0/s1. The normalized spacial score (nSPS) is 12.1. The lowest BCUT2D eigenvalue weighted by Gasteiger charge is -2.27. The Morgan fingerprint density at radius 1 is 1.21 bits per heavy atom. The van der Waals surface area contributed by atoms with E-state index in [1.807, 2.05) is 31.2 Å². The van der Waals surface area contributed by atoms with Crippen LogP contribution in [0.15, 0.2) is 57.7 Å². The minimum Gasteiger partial charge on any atom is -0.496 e. The number of hydrogen-bond donors (Lipinski definition) is 0. The van der Waals surface area contributed by atoms with Gasteiger partial charge in [0.1, 0.15) is 11.4 Å². The van der Waals surface area contributed by atoms with E-state index in [0.29, 0.717) is 33.8 Å². The molecule has 29 heavy (non-hydrogen) atoms. The first kappa shape index (κ1) is 18.7. The van der Waals surface area contributed by atoms with Crippen LogP contribution in [0.3, 0.4) is 0 Å². The van der Waals surface area contributed by atoms with E-state index in [1.54, 1.807) is 50.4 Å². The number of carbonyl (C=O) groups is 1. The average molecular weight is 391 g/mol. The van der Waals surface area contributed by atoms with Crippen molar-refractivity contribution in [2.75, 3.05) is 14.2 Å². The smallest absolute Gasteiger partial charge is 0.259 e. The van der Waals surface area contributed by atoms with Crippen LogP contribution < -0.4 is 4.74 Å². The lowest BCUT2D eigenvalue weighted by atomic mass is 10.0. The van der Waals surface area contributed by atoms with Crippen LogP contribution in [-0.4, -0.2) is 35.1 Å². The molecule has 0 aliphatic carbocycles. The molecule has 3 aromatic heterocycles. The Hall–Kier alpha value is -3.61. The van der Waals surface area contributed by atoms with Gasteiger partial charge in [-0.2, -0.15) is 0 Å². The third-order valence-corrected chi connectivity index (χ3v) is 5.11. The topological polar surface area (TPSA) is 81.6 Å². The van der Waals surface area contributed by atoms with Gasteiger partial charge in [0.2, 0.25) is 0 Å². The van der Waals surface area contributed by atoms with Crippen molar-refractivity contribution in [3.05, 3.63) is 65.5 Å². The highest BCUT2D eigenvalue weighted by Crippen LogP contribution is 2.32. The zero-order valence-corrected chi connectivity index (χ0v) is 16.7. The van der Waals surface area contributed by atoms with Crippen LogP contribution in [0.25, 0.3) is 22.6 Å². The Labute approximate surface area is 167 Å². The largest absolute Gasteiger partial charge is 0.496 e. The van der Waals surface area contributed by atoms with Gasteiger partial charge in [-0.3, -0.25) is 4.79 Å². The van der Waals surface area contributed by atoms with E-state index in [1.165, 1.54) is 0 Å². The van der Waals surface area contributed by atoms with Gasteiger partial charge in [-0.25, -0.2) is 4.98 Å². The van der Waals surface area contributed by atoms with Crippen molar-refractivity contribution in [1.82, 2.24) is 15.0 Å². The summed E-state index contributed by atoms with van der Waals surface area (Å²) in [5.74, 6) is 1.11. The molecule has 1 atom stereocenters. The van der Waals surface area contributed by atoms with Crippen LogP contribution in [0.5, 0.6) is 5.75 Å². The molecule has 148 valence electrons. The summed E-state index contributed by atoms with van der Waals surface area (Å²) in [6.45, 7) is 3.75. The van der Waals surface area contributed by atoms with Crippen molar-refractivity contribution in [3.8, 4) is 17.2 Å². The van der Waals surface area contributed by atoms with Gasteiger partial charge >= 0.3 is 0 Å². The highest BCUT2D eigenvalue weighted by atomic mass is 16.5. The molecule has 0 aliphatic rings. The third kappa shape index (κ3) is 3.24. The van der Waals surface area contributed by atoms with Crippen molar-refractivity contribution in [2.45, 2.75) is 19.9 Å². The number of para-hydroxylation sites is 1. The molecule has 4 rings (SSSR count). The molecular weight excluding hydrogens is 370 g/mol. The van der Waals surface area contributed by atoms with Gasteiger partial charge in [0.05, 0.1) is 36.1 Å². The molecule has 7 heteroatoms. The fraction of sp³-hybridized carbons (Fsp3) is 0.227. The second kappa shape index (κ2) is 7.43. The molecular formula is C22H21N3O4. The Morgan fingerprint density at radius 2 is 2.00 bits per heavy atom. The summed E-state index contributed by atoms with van der Waals surface area (Å²) < 4.78 is 16.3. The van der Waals surface area contributed by atoms with Crippen LogP contribution in [0.4, 0.5) is 0 Å². The first-order valence-electron chi connectivity index (χ1n) is 9.22. The van der Waals surface area contributed by atoms with Gasteiger partial charge in [-0.1, -0.05) is 23.4 Å². The molecule has 7 nitrogen and oxygen atoms in total. The summed E-state index contributed by atoms with van der Waals surface area (Å²) in [4.78, 5) is 19.6. The summed E-state index contributed by atoms with van der Waals surface area (Å²) >= 11 is 0. The molecule has 0 saturated heterocycles. The number of carbonyl (C=O) groups excluding carboxylic acids is 1. The van der Waals surface area contributed by atoms with Crippen molar-refractivity contribution in [3.63, 3.8) is 0 Å². The molecule has 3 heterocycles. The van der Waals surface area contributed by atoms with Gasteiger partial charge in [0, 0.05) is 12.6 Å². The van der Waals surface area contributed by atoms with E-state index in [0.717, 1.165) is 11.3 Å². The van der Waals surface area contributed by atoms with Gasteiger partial charge in [0.25, 0.3) is 11.6 Å². The van der Waals surface area contributed by atoms with Crippen molar-refractivity contribution in [2.24, 2.45) is 0 Å². The molecule has 0 unspecified atom stereocenters. The fourth-order valence-electron chi connectivity index (χ4n) is 3.40. The molecule has 0 radical (unpaired) electrons. The number of rotatable bonds is 5. The van der Waals surface area contributed by atoms with Gasteiger partial charge in [-0.15, -0.1) is 0 Å². The number of hydrogen-bond acceptors (Lipinski definition) is 6. The third-order valence-electron chi connectivity index (χ3n) is 5.11. The number of benzene rings is 1. The first-order chi connectivity index (χ1) is 14.0. The van der Waals surface area contributed by atoms with Gasteiger partial charge in [-0.05, 0) is 38.1 Å². The fourth-order valence-corrected chi connectivity index (χ4v) is 3.40. The second-order valence-corrected chi connectivity index (χ2v) is 6.81. The predicted molar refractivity (Wildman–Crippen MR) is 108 cm³/mol. The van der Waals surface area contributed by atoms with Crippen LogP contribution in [0.1, 0.15) is 34.6 Å². The van der Waals surface area contributed by atoms with E-state index in [4.69, 9.17) is 13.7 Å². The number of amides is 1. The van der Waals surface area contributed by atoms with E-state index >= 15 is 0 Å². The number of nitrogens with zero attached hydrogens (tertiary/aromatic N) is 3. The van der Waals surface area contributed by atoms with Crippen LogP contribution in [-0.2, 0) is 0 Å². The van der Waals surface area contributed by atoms with E-state index in [-0.39, 0.29) is 11.9 Å². The van der Waals surface area contributed by atoms with E-state index in [9.17, 15) is 4.79 Å². The highest BCUT2D eigenvalue weighted by molar-refractivity contribution is 6.06. The minimum absolute atomic E-state index is 0.171. The Morgan fingerprint density at radius 3 is 2.72 bits per heavy atom. The maximum Gasteiger partial charge on any atom is 0.259 e. The van der Waals surface area contributed by atoms with Crippen molar-refractivity contribution < 1.29 is 18.5 Å². The minimum atomic E-state index is -0.214. The zero-order valence-electron chi connectivity index (χ0n) is 16.7. The average Bonchev–Trinajstić information content (AvgIpc) is 3.42. The molecule has 0 fully saturated rings. The molecule has 0 aliphatic heterocycles. The lowest BCUT2D eigenvalue weighted by molar-refractivity contribution is 0.0743. The summed E-state index contributed by atoms with van der Waals surface area (Å²) in [5.41, 5.74) is 2.81. The van der Waals surface area contributed by atoms with Gasteiger partial charge < -0.3 is 18.6 Å². The van der Waals surface area contributed by atoms with Crippen molar-refractivity contribution in [1.29, 1.82) is 0 Å². The number of ether oxygens (including phenoxy) is 1. The maximum absolute atomic E-state index is 13.5. The van der Waals surface area contributed by atoms with Crippen LogP contribution in [0, 0.1) is 6.92 Å². The Bertz CT molecular complexity index is 1160. The molecule has 4 aromatic rings. The molecule has 1 aromatic carbocycles. The SMILES string of the molecule is COc1ccccc1[C@H](C)N(C)C(=O)c1cc(-c2ccco2)nc2onc(C)c12. The molecule has 1 amide bonds. The number of aryl methyl sites for hydroxylation is 1. The zero-order chi connectivity index (χ0) is 20.5. The first-order valence-corrected chi connectivity index (χ1v) is 9.22. The molecule has 0 N–H and O–H groups in total. The van der Waals surface area contributed by atoms with Gasteiger partial charge in [0.15, 0.2) is 5.76 Å². The summed E-state index contributed by atoms with van der Waals surface area (Å²) in [6.07, 6.45) is 1.56. The van der Waals surface area contributed by atoms with Crippen LogP contribution in [0.2, 0.25) is 0 Å². The molecule has 0 saturated carbocycles. The predicted octanol–water partition coefficient (Wildman–Crippen LogP) is 4.63. The number of fused-ring (bicyclic) bond motifs is 1. The van der Waals surface area contributed by atoms with Crippen molar-refractivity contribution >= 4 is 17.0 Å². The number of aromatic nitrogens is 2. The highest BCUT2D eigenvalue weighted by Gasteiger charge is 2.26. The lowest BCUT2D eigenvalue weighted by Crippen LogP contribution is -2.30. The van der Waals surface area contributed by atoms with Crippen LogP contribution >= 0.6 is 0 Å². The summed E-state index contributed by atoms with van der Waals surface area (Å²) in [7, 11) is 3.39. The Kier molecular flexibility index (Phi) is 4.80. The van der Waals surface area contributed by atoms with E-state index in [2.05, 4.69) is 10.1 Å². The number of methoxy groups -OCH3 is 1. The molecule has 0 spiro atoms.